The Morgan fingerprint density at radius 1 is 0.484 bits per heavy atom. The van der Waals surface area contributed by atoms with Crippen molar-refractivity contribution >= 4 is 21.8 Å². The van der Waals surface area contributed by atoms with Gasteiger partial charge in [0.1, 0.15) is 0 Å². The van der Waals surface area contributed by atoms with E-state index in [2.05, 4.69) is 107 Å². The molecule has 2 aromatic heterocycles. The lowest BCUT2D eigenvalue weighted by atomic mass is 10.0. The van der Waals surface area contributed by atoms with Crippen molar-refractivity contribution in [1.29, 1.82) is 0 Å². The highest BCUT2D eigenvalue weighted by molar-refractivity contribution is 6.10. The third-order valence-corrected chi connectivity index (χ3v) is 5.87. The molecule has 2 heteroatoms. The van der Waals surface area contributed by atoms with Gasteiger partial charge in [0.2, 0.25) is 0 Å². The molecule has 0 saturated heterocycles. The Morgan fingerprint density at radius 3 is 1.97 bits per heavy atom. The van der Waals surface area contributed by atoms with Crippen LogP contribution in [0, 0.1) is 0 Å². The molecule has 0 N–H and O–H groups in total. The maximum atomic E-state index is 4.46. The van der Waals surface area contributed by atoms with Crippen LogP contribution >= 0.6 is 0 Å². The summed E-state index contributed by atoms with van der Waals surface area (Å²) < 4.78 is 2.35. The van der Waals surface area contributed by atoms with E-state index >= 15 is 0 Å². The summed E-state index contributed by atoms with van der Waals surface area (Å²) in [5.74, 6) is 0. The van der Waals surface area contributed by atoms with Crippen LogP contribution in [-0.4, -0.2) is 9.55 Å². The molecule has 6 rings (SSSR count). The summed E-state index contributed by atoms with van der Waals surface area (Å²) in [6.07, 6.45) is 1.83. The summed E-state index contributed by atoms with van der Waals surface area (Å²) in [4.78, 5) is 4.46. The van der Waals surface area contributed by atoms with Gasteiger partial charge in [-0.15, -0.1) is 0 Å². The second-order valence-corrected chi connectivity index (χ2v) is 7.71. The molecule has 0 saturated carbocycles. The van der Waals surface area contributed by atoms with E-state index in [1.165, 1.54) is 38.6 Å². The zero-order valence-electron chi connectivity index (χ0n) is 16.9. The fourth-order valence-electron chi connectivity index (χ4n) is 4.37. The summed E-state index contributed by atoms with van der Waals surface area (Å²) in [6.45, 7) is 0. The smallest absolute Gasteiger partial charge is 0.0701 e. The molecule has 0 aliphatic carbocycles. The third-order valence-electron chi connectivity index (χ3n) is 5.87. The number of rotatable bonds is 3. The van der Waals surface area contributed by atoms with Crippen molar-refractivity contribution in [2.45, 2.75) is 0 Å². The van der Waals surface area contributed by atoms with Crippen LogP contribution in [0.3, 0.4) is 0 Å². The SMILES string of the molecule is c1ccc(-n2c3ccccc3c3cc(-c4ccc(-c5ccccn5)cc4)ccc32)cc1. The lowest BCUT2D eigenvalue weighted by Gasteiger charge is -2.08. The van der Waals surface area contributed by atoms with E-state index in [0.717, 1.165) is 11.3 Å². The van der Waals surface area contributed by atoms with Gasteiger partial charge < -0.3 is 4.57 Å². The summed E-state index contributed by atoms with van der Waals surface area (Å²) in [6, 6.07) is 40.6. The van der Waals surface area contributed by atoms with Crippen molar-refractivity contribution in [1.82, 2.24) is 9.55 Å². The highest BCUT2D eigenvalue weighted by Gasteiger charge is 2.12. The number of nitrogens with zero attached hydrogens (tertiary/aromatic N) is 2. The van der Waals surface area contributed by atoms with Gasteiger partial charge in [-0.1, -0.05) is 72.8 Å². The first-order valence-corrected chi connectivity index (χ1v) is 10.5. The predicted octanol–water partition coefficient (Wildman–Crippen LogP) is 7.51. The number of hydrogen-bond acceptors (Lipinski definition) is 1. The molecule has 0 bridgehead atoms. The summed E-state index contributed by atoms with van der Waals surface area (Å²) in [5.41, 5.74) is 8.18. The fraction of sp³-hybridized carbons (Fsp3) is 0. The second-order valence-electron chi connectivity index (χ2n) is 7.71. The van der Waals surface area contributed by atoms with Crippen LogP contribution in [0.5, 0.6) is 0 Å². The number of pyridine rings is 1. The van der Waals surface area contributed by atoms with Crippen molar-refractivity contribution in [2.75, 3.05) is 0 Å². The van der Waals surface area contributed by atoms with E-state index < -0.39 is 0 Å². The predicted molar refractivity (Wildman–Crippen MR) is 129 cm³/mol. The quantitative estimate of drug-likeness (QED) is 0.303. The molecule has 0 radical (unpaired) electrons. The third kappa shape index (κ3) is 3.01. The maximum absolute atomic E-state index is 4.46. The van der Waals surface area contributed by atoms with Gasteiger partial charge in [0, 0.05) is 28.2 Å². The second kappa shape index (κ2) is 7.26. The van der Waals surface area contributed by atoms with E-state index in [0.29, 0.717) is 0 Å². The number of para-hydroxylation sites is 2. The molecule has 0 unspecified atom stereocenters. The molecule has 31 heavy (non-hydrogen) atoms. The lowest BCUT2D eigenvalue weighted by Crippen LogP contribution is -1.92. The van der Waals surface area contributed by atoms with Crippen molar-refractivity contribution < 1.29 is 0 Å². The number of aromatic nitrogens is 2. The van der Waals surface area contributed by atoms with E-state index in [-0.39, 0.29) is 0 Å². The van der Waals surface area contributed by atoms with E-state index in [1.807, 2.05) is 24.4 Å². The van der Waals surface area contributed by atoms with Gasteiger partial charge in [-0.05, 0) is 53.6 Å². The Labute approximate surface area is 181 Å². The average molecular weight is 396 g/mol. The van der Waals surface area contributed by atoms with Crippen molar-refractivity contribution in [3.63, 3.8) is 0 Å². The first kappa shape index (κ1) is 17.7. The number of fused-ring (bicyclic) bond motifs is 3. The fourth-order valence-corrected chi connectivity index (χ4v) is 4.37. The molecule has 0 spiro atoms. The Hall–Kier alpha value is -4.17. The van der Waals surface area contributed by atoms with Gasteiger partial charge in [0.05, 0.1) is 16.7 Å². The molecule has 6 aromatic rings. The van der Waals surface area contributed by atoms with E-state index in [9.17, 15) is 0 Å². The standard InChI is InChI=1S/C29H20N2/c1-2-8-24(9-3-1)31-28-12-5-4-10-25(28)26-20-23(17-18-29(26)31)21-13-15-22(16-14-21)27-11-6-7-19-30-27/h1-20H. The van der Waals surface area contributed by atoms with Gasteiger partial charge in [0.15, 0.2) is 0 Å². The highest BCUT2D eigenvalue weighted by Crippen LogP contribution is 2.35. The van der Waals surface area contributed by atoms with E-state index in [1.54, 1.807) is 0 Å². The first-order valence-electron chi connectivity index (χ1n) is 10.5. The van der Waals surface area contributed by atoms with Crippen molar-refractivity contribution in [3.8, 4) is 28.1 Å². The Kier molecular flexibility index (Phi) is 4.14. The summed E-state index contributed by atoms with van der Waals surface area (Å²) in [5, 5.41) is 2.54. The largest absolute Gasteiger partial charge is 0.309 e. The maximum Gasteiger partial charge on any atom is 0.0701 e. The van der Waals surface area contributed by atoms with Crippen LogP contribution in [0.25, 0.3) is 49.9 Å². The highest BCUT2D eigenvalue weighted by atomic mass is 15.0. The average Bonchev–Trinajstić information content (AvgIpc) is 3.19. The minimum absolute atomic E-state index is 0.996. The minimum Gasteiger partial charge on any atom is -0.309 e. The van der Waals surface area contributed by atoms with Gasteiger partial charge in [-0.3, -0.25) is 4.98 Å². The Balaban J connectivity index is 1.50. The number of hydrogen-bond donors (Lipinski definition) is 0. The topological polar surface area (TPSA) is 17.8 Å². The van der Waals surface area contributed by atoms with E-state index in [4.69, 9.17) is 0 Å². The van der Waals surface area contributed by atoms with Gasteiger partial charge in [0.25, 0.3) is 0 Å². The first-order chi connectivity index (χ1) is 15.4. The molecule has 0 aliphatic rings. The normalized spacial score (nSPS) is 11.2. The molecule has 0 atom stereocenters. The van der Waals surface area contributed by atoms with Crippen molar-refractivity contribution in [2.24, 2.45) is 0 Å². The zero-order chi connectivity index (χ0) is 20.6. The van der Waals surface area contributed by atoms with Crippen LogP contribution in [-0.2, 0) is 0 Å². The molecular weight excluding hydrogens is 376 g/mol. The van der Waals surface area contributed by atoms with Gasteiger partial charge in [-0.2, -0.15) is 0 Å². The molecule has 2 heterocycles. The lowest BCUT2D eigenvalue weighted by molar-refractivity contribution is 1.18. The van der Waals surface area contributed by atoms with Crippen molar-refractivity contribution in [3.05, 3.63) is 121 Å². The van der Waals surface area contributed by atoms with Crippen LogP contribution in [0.15, 0.2) is 121 Å². The summed E-state index contributed by atoms with van der Waals surface area (Å²) in [7, 11) is 0. The molecule has 0 amide bonds. The number of benzene rings is 4. The molecule has 146 valence electrons. The van der Waals surface area contributed by atoms with Gasteiger partial charge >= 0.3 is 0 Å². The molecule has 0 fully saturated rings. The zero-order valence-corrected chi connectivity index (χ0v) is 16.9. The molecular formula is C29H20N2. The minimum atomic E-state index is 0.996. The molecule has 4 aromatic carbocycles. The summed E-state index contributed by atoms with van der Waals surface area (Å²) >= 11 is 0. The molecule has 2 nitrogen and oxygen atoms in total. The Bertz CT molecular complexity index is 1500. The van der Waals surface area contributed by atoms with Crippen LogP contribution in [0.2, 0.25) is 0 Å². The molecule has 0 aliphatic heterocycles. The van der Waals surface area contributed by atoms with Gasteiger partial charge in [-0.25, -0.2) is 0 Å². The van der Waals surface area contributed by atoms with Crippen LogP contribution < -0.4 is 0 Å². The van der Waals surface area contributed by atoms with Crippen LogP contribution in [0.1, 0.15) is 0 Å². The van der Waals surface area contributed by atoms with Crippen LogP contribution in [0.4, 0.5) is 0 Å². The Morgan fingerprint density at radius 2 is 1.16 bits per heavy atom. The monoisotopic (exact) mass is 396 g/mol.